The third-order valence-corrected chi connectivity index (χ3v) is 3.21. The lowest BCUT2D eigenvalue weighted by Gasteiger charge is -2.22. The van der Waals surface area contributed by atoms with Crippen LogP contribution < -0.4 is 5.32 Å². The first-order chi connectivity index (χ1) is 8.99. The summed E-state index contributed by atoms with van der Waals surface area (Å²) >= 11 is 0. The van der Waals surface area contributed by atoms with Gasteiger partial charge in [-0.25, -0.2) is 9.59 Å². The first-order valence-electron chi connectivity index (χ1n) is 6.03. The number of aliphatic hydroxyl groups is 1. The van der Waals surface area contributed by atoms with E-state index in [1.807, 2.05) is 19.1 Å². The van der Waals surface area contributed by atoms with Gasteiger partial charge in [0.25, 0.3) is 0 Å². The molecule has 1 aromatic carbocycles. The van der Waals surface area contributed by atoms with Crippen LogP contribution in [0.2, 0.25) is 0 Å². The lowest BCUT2D eigenvalue weighted by Crippen LogP contribution is -2.43. The van der Waals surface area contributed by atoms with Gasteiger partial charge in [0.1, 0.15) is 6.04 Å². The number of carbonyl (C=O) groups is 2. The summed E-state index contributed by atoms with van der Waals surface area (Å²) in [5.41, 5.74) is 1.53. The monoisotopic (exact) mass is 264 g/mol. The lowest BCUT2D eigenvalue weighted by molar-refractivity contribution is -0.141. The Bertz CT molecular complexity index is 503. The number of para-hydroxylation sites is 1. The highest BCUT2D eigenvalue weighted by atomic mass is 16.4. The largest absolute Gasteiger partial charge is 0.480 e. The van der Waals surface area contributed by atoms with Crippen molar-refractivity contribution in [2.45, 2.75) is 25.5 Å². The minimum Gasteiger partial charge on any atom is -0.480 e. The van der Waals surface area contributed by atoms with Crippen LogP contribution in [0, 0.1) is 6.92 Å². The molecule has 1 heterocycles. The van der Waals surface area contributed by atoms with Gasteiger partial charge in [-0.1, -0.05) is 18.2 Å². The van der Waals surface area contributed by atoms with Crippen molar-refractivity contribution in [3.8, 4) is 0 Å². The van der Waals surface area contributed by atoms with Gasteiger partial charge in [0.15, 0.2) is 0 Å². The van der Waals surface area contributed by atoms with Crippen LogP contribution in [0.25, 0.3) is 0 Å². The number of anilines is 1. The predicted octanol–water partition coefficient (Wildman–Crippen LogP) is 1.05. The van der Waals surface area contributed by atoms with Crippen molar-refractivity contribution in [2.75, 3.05) is 11.9 Å². The van der Waals surface area contributed by atoms with E-state index in [1.165, 1.54) is 0 Å². The lowest BCUT2D eigenvalue weighted by atomic mass is 10.2. The Morgan fingerprint density at radius 1 is 1.37 bits per heavy atom. The highest BCUT2D eigenvalue weighted by molar-refractivity contribution is 5.93. The van der Waals surface area contributed by atoms with Crippen molar-refractivity contribution in [3.05, 3.63) is 29.8 Å². The number of nitrogens with one attached hydrogen (secondary N) is 1. The number of urea groups is 1. The molecule has 2 amide bonds. The second kappa shape index (κ2) is 5.27. The fraction of sp³-hybridized carbons (Fsp3) is 0.385. The molecule has 0 aliphatic carbocycles. The van der Waals surface area contributed by atoms with E-state index >= 15 is 0 Å². The SMILES string of the molecule is Cc1ccccc1NC(=O)N1CC(O)C[C@H]1C(=O)O. The molecule has 2 rings (SSSR count). The van der Waals surface area contributed by atoms with Crippen LogP contribution in [0.1, 0.15) is 12.0 Å². The van der Waals surface area contributed by atoms with E-state index in [0.717, 1.165) is 10.5 Å². The average Bonchev–Trinajstić information content (AvgIpc) is 2.74. The molecule has 1 aliphatic rings. The smallest absolute Gasteiger partial charge is 0.326 e. The van der Waals surface area contributed by atoms with E-state index < -0.39 is 24.1 Å². The third kappa shape index (κ3) is 2.85. The molecule has 1 aliphatic heterocycles. The predicted molar refractivity (Wildman–Crippen MR) is 69.0 cm³/mol. The topological polar surface area (TPSA) is 89.9 Å². The van der Waals surface area contributed by atoms with Gasteiger partial charge in [-0.3, -0.25) is 0 Å². The summed E-state index contributed by atoms with van der Waals surface area (Å²) in [7, 11) is 0. The molecule has 1 unspecified atom stereocenters. The number of carboxylic acid groups (broad SMARTS) is 1. The zero-order valence-electron chi connectivity index (χ0n) is 10.5. The van der Waals surface area contributed by atoms with E-state index in [0.29, 0.717) is 5.69 Å². The summed E-state index contributed by atoms with van der Waals surface area (Å²) in [4.78, 5) is 24.3. The Morgan fingerprint density at radius 2 is 2.05 bits per heavy atom. The fourth-order valence-electron chi connectivity index (χ4n) is 2.17. The number of hydrogen-bond acceptors (Lipinski definition) is 3. The Hall–Kier alpha value is -2.08. The zero-order valence-corrected chi connectivity index (χ0v) is 10.5. The third-order valence-electron chi connectivity index (χ3n) is 3.21. The van der Waals surface area contributed by atoms with Gasteiger partial charge in [0.05, 0.1) is 6.10 Å². The summed E-state index contributed by atoms with van der Waals surface area (Å²) < 4.78 is 0. The quantitative estimate of drug-likeness (QED) is 0.744. The summed E-state index contributed by atoms with van der Waals surface area (Å²) in [6.07, 6.45) is -0.722. The molecule has 0 saturated carbocycles. The van der Waals surface area contributed by atoms with Gasteiger partial charge in [0, 0.05) is 18.7 Å². The fourth-order valence-corrected chi connectivity index (χ4v) is 2.17. The number of amides is 2. The number of benzene rings is 1. The maximum Gasteiger partial charge on any atom is 0.326 e. The Balaban J connectivity index is 2.11. The molecule has 19 heavy (non-hydrogen) atoms. The molecule has 0 aromatic heterocycles. The van der Waals surface area contributed by atoms with Crippen molar-refractivity contribution >= 4 is 17.7 Å². The molecule has 0 bridgehead atoms. The first-order valence-corrected chi connectivity index (χ1v) is 6.03. The summed E-state index contributed by atoms with van der Waals surface area (Å²) in [6, 6.07) is 5.76. The zero-order chi connectivity index (χ0) is 14.0. The van der Waals surface area contributed by atoms with Gasteiger partial charge in [-0.2, -0.15) is 0 Å². The normalized spacial score (nSPS) is 22.3. The van der Waals surface area contributed by atoms with E-state index in [2.05, 4.69) is 5.32 Å². The number of nitrogens with zero attached hydrogens (tertiary/aromatic N) is 1. The van der Waals surface area contributed by atoms with Gasteiger partial charge in [0.2, 0.25) is 0 Å². The summed E-state index contributed by atoms with van der Waals surface area (Å²) in [5.74, 6) is -1.10. The summed E-state index contributed by atoms with van der Waals surface area (Å²) in [5, 5.41) is 21.2. The number of carboxylic acids is 1. The highest BCUT2D eigenvalue weighted by Gasteiger charge is 2.39. The van der Waals surface area contributed by atoms with Crippen molar-refractivity contribution < 1.29 is 19.8 Å². The minimum atomic E-state index is -1.10. The molecule has 6 heteroatoms. The van der Waals surface area contributed by atoms with Crippen LogP contribution in [-0.4, -0.2) is 45.8 Å². The van der Waals surface area contributed by atoms with Crippen molar-refractivity contribution in [1.29, 1.82) is 0 Å². The molecule has 0 spiro atoms. The number of β-amino-alcohol motifs (C(OH)–C–C–N with tert-alkyl or cyclic N) is 1. The number of hydrogen-bond donors (Lipinski definition) is 3. The van der Waals surface area contributed by atoms with Crippen LogP contribution in [-0.2, 0) is 4.79 Å². The van der Waals surface area contributed by atoms with Gasteiger partial charge < -0.3 is 20.4 Å². The Labute approximate surface area is 110 Å². The molecule has 1 aromatic rings. The van der Waals surface area contributed by atoms with Crippen LogP contribution in [0.3, 0.4) is 0 Å². The number of aryl methyl sites for hydroxylation is 1. The molecular weight excluding hydrogens is 248 g/mol. The van der Waals surface area contributed by atoms with E-state index in [4.69, 9.17) is 5.11 Å². The molecular formula is C13H16N2O4. The van der Waals surface area contributed by atoms with Crippen molar-refractivity contribution in [2.24, 2.45) is 0 Å². The Morgan fingerprint density at radius 3 is 2.68 bits per heavy atom. The number of aliphatic carboxylic acids is 1. The number of rotatable bonds is 2. The number of aliphatic hydroxyl groups excluding tert-OH is 1. The Kier molecular flexibility index (Phi) is 3.71. The van der Waals surface area contributed by atoms with Crippen LogP contribution in [0.5, 0.6) is 0 Å². The van der Waals surface area contributed by atoms with Crippen molar-refractivity contribution in [3.63, 3.8) is 0 Å². The number of likely N-dealkylation sites (tertiary alicyclic amines) is 1. The second-order valence-corrected chi connectivity index (χ2v) is 4.64. The molecule has 3 N–H and O–H groups in total. The maximum atomic E-state index is 12.1. The highest BCUT2D eigenvalue weighted by Crippen LogP contribution is 2.21. The van der Waals surface area contributed by atoms with Crippen molar-refractivity contribution in [1.82, 2.24) is 4.90 Å². The molecule has 102 valence electrons. The summed E-state index contributed by atoms with van der Waals surface area (Å²) in [6.45, 7) is 1.89. The van der Waals surface area contributed by atoms with E-state index in [-0.39, 0.29) is 13.0 Å². The molecule has 6 nitrogen and oxygen atoms in total. The molecule has 0 radical (unpaired) electrons. The van der Waals surface area contributed by atoms with Gasteiger partial charge in [-0.15, -0.1) is 0 Å². The van der Waals surface area contributed by atoms with Gasteiger partial charge >= 0.3 is 12.0 Å². The van der Waals surface area contributed by atoms with E-state index in [1.54, 1.807) is 12.1 Å². The van der Waals surface area contributed by atoms with Crippen LogP contribution in [0.4, 0.5) is 10.5 Å². The average molecular weight is 264 g/mol. The van der Waals surface area contributed by atoms with Crippen LogP contribution >= 0.6 is 0 Å². The first kappa shape index (κ1) is 13.4. The standard InChI is InChI=1S/C13H16N2O4/c1-8-4-2-3-5-10(8)14-13(19)15-7-9(16)6-11(15)12(17)18/h2-5,9,11,16H,6-7H2,1H3,(H,14,19)(H,17,18)/t9?,11-/m0/s1. The van der Waals surface area contributed by atoms with Gasteiger partial charge in [-0.05, 0) is 18.6 Å². The van der Waals surface area contributed by atoms with Crippen LogP contribution in [0.15, 0.2) is 24.3 Å². The minimum absolute atomic E-state index is 0.0364. The molecule has 1 fully saturated rings. The number of carbonyl (C=O) groups excluding carboxylic acids is 1. The second-order valence-electron chi connectivity index (χ2n) is 4.64. The maximum absolute atomic E-state index is 12.1. The molecule has 2 atom stereocenters. The molecule has 1 saturated heterocycles. The van der Waals surface area contributed by atoms with E-state index in [9.17, 15) is 14.7 Å².